The number of nitrogens with one attached hydrogen (secondary N) is 2. The van der Waals surface area contributed by atoms with Gasteiger partial charge in [-0.2, -0.15) is 0 Å². The Morgan fingerprint density at radius 3 is 2.83 bits per heavy atom. The first kappa shape index (κ1) is 15.5. The van der Waals surface area contributed by atoms with E-state index in [-0.39, 0.29) is 11.8 Å². The summed E-state index contributed by atoms with van der Waals surface area (Å²) in [6.07, 6.45) is 5.16. The molecule has 2 aromatic rings. The van der Waals surface area contributed by atoms with Crippen LogP contribution in [0.1, 0.15) is 30.9 Å². The van der Waals surface area contributed by atoms with E-state index in [1.807, 2.05) is 0 Å². The van der Waals surface area contributed by atoms with Crippen LogP contribution in [0, 0.1) is 5.82 Å². The molecule has 2 N–H and O–H groups in total. The maximum atomic E-state index is 12.8. The van der Waals surface area contributed by atoms with Crippen molar-refractivity contribution in [1.29, 1.82) is 0 Å². The average Bonchev–Trinajstić information content (AvgIpc) is 2.78. The molecule has 0 aliphatic carbocycles. The summed E-state index contributed by atoms with van der Waals surface area (Å²) in [6.45, 7) is 1.44. The number of benzene rings is 1. The minimum atomic E-state index is -0.330. The second-order valence-electron chi connectivity index (χ2n) is 5.63. The number of halogens is 1. The topological polar surface area (TPSA) is 71.8 Å². The molecular weight excluding hydrogens is 297 g/mol. The van der Waals surface area contributed by atoms with Gasteiger partial charge in [0.25, 0.3) is 0 Å². The molecule has 1 aliphatic rings. The lowest BCUT2D eigenvalue weighted by Crippen LogP contribution is -2.31. The quantitative estimate of drug-likeness (QED) is 0.910. The molecule has 6 nitrogen and oxygen atoms in total. The van der Waals surface area contributed by atoms with Gasteiger partial charge in [0.2, 0.25) is 0 Å². The standard InChI is InChI=1S/C16H20FN5O/c17-12-5-7-13(8-6-12)19-16(23)18-10-9-15-21-20-14-4-2-1-3-11-22(14)15/h5-8H,1-4,9-11H2,(H2,18,19,23). The van der Waals surface area contributed by atoms with Crippen molar-refractivity contribution in [2.45, 2.75) is 38.6 Å². The van der Waals surface area contributed by atoms with Gasteiger partial charge in [-0.05, 0) is 37.1 Å². The number of aromatic nitrogens is 3. The predicted molar refractivity (Wildman–Crippen MR) is 84.7 cm³/mol. The van der Waals surface area contributed by atoms with Crippen molar-refractivity contribution < 1.29 is 9.18 Å². The largest absolute Gasteiger partial charge is 0.337 e. The molecule has 0 saturated carbocycles. The maximum Gasteiger partial charge on any atom is 0.319 e. The molecule has 0 atom stereocenters. The van der Waals surface area contributed by atoms with Crippen molar-refractivity contribution in [3.05, 3.63) is 41.7 Å². The van der Waals surface area contributed by atoms with Gasteiger partial charge >= 0.3 is 6.03 Å². The number of nitrogens with zero attached hydrogens (tertiary/aromatic N) is 3. The van der Waals surface area contributed by atoms with Crippen molar-refractivity contribution in [2.24, 2.45) is 0 Å². The number of aryl methyl sites for hydroxylation is 1. The molecule has 1 aromatic carbocycles. The van der Waals surface area contributed by atoms with Crippen LogP contribution in [0.15, 0.2) is 24.3 Å². The van der Waals surface area contributed by atoms with E-state index in [1.165, 1.54) is 30.7 Å². The third-order valence-electron chi connectivity index (χ3n) is 3.92. The molecule has 0 spiro atoms. The predicted octanol–water partition coefficient (Wildman–Crippen LogP) is 2.51. The summed E-state index contributed by atoms with van der Waals surface area (Å²) in [4.78, 5) is 11.8. The van der Waals surface area contributed by atoms with Crippen LogP contribution in [0.2, 0.25) is 0 Å². The third-order valence-corrected chi connectivity index (χ3v) is 3.92. The van der Waals surface area contributed by atoms with Gasteiger partial charge in [-0.1, -0.05) is 6.42 Å². The van der Waals surface area contributed by atoms with Crippen molar-refractivity contribution in [2.75, 3.05) is 11.9 Å². The highest BCUT2D eigenvalue weighted by Gasteiger charge is 2.14. The first-order chi connectivity index (χ1) is 11.2. The van der Waals surface area contributed by atoms with Crippen LogP contribution >= 0.6 is 0 Å². The van der Waals surface area contributed by atoms with E-state index in [1.54, 1.807) is 0 Å². The van der Waals surface area contributed by atoms with Gasteiger partial charge < -0.3 is 15.2 Å². The van der Waals surface area contributed by atoms with Crippen LogP contribution in [-0.4, -0.2) is 27.3 Å². The fourth-order valence-electron chi connectivity index (χ4n) is 2.73. The van der Waals surface area contributed by atoms with Gasteiger partial charge in [0.05, 0.1) is 0 Å². The SMILES string of the molecule is O=C(NCCc1nnc2n1CCCCC2)Nc1ccc(F)cc1. The molecule has 23 heavy (non-hydrogen) atoms. The number of fused-ring (bicyclic) bond motifs is 1. The fourth-order valence-corrected chi connectivity index (χ4v) is 2.73. The Morgan fingerprint density at radius 1 is 1.17 bits per heavy atom. The second kappa shape index (κ2) is 7.21. The van der Waals surface area contributed by atoms with E-state index < -0.39 is 0 Å². The van der Waals surface area contributed by atoms with Gasteiger partial charge in [0.15, 0.2) is 0 Å². The zero-order valence-electron chi connectivity index (χ0n) is 12.9. The molecule has 0 unspecified atom stereocenters. The molecule has 0 fully saturated rings. The van der Waals surface area contributed by atoms with Gasteiger partial charge in [0.1, 0.15) is 17.5 Å². The summed E-state index contributed by atoms with van der Waals surface area (Å²) >= 11 is 0. The van der Waals surface area contributed by atoms with E-state index in [0.29, 0.717) is 18.7 Å². The summed E-state index contributed by atoms with van der Waals surface area (Å²) in [7, 11) is 0. The van der Waals surface area contributed by atoms with E-state index >= 15 is 0 Å². The molecule has 1 aromatic heterocycles. The van der Waals surface area contributed by atoms with Crippen LogP contribution in [0.25, 0.3) is 0 Å². The highest BCUT2D eigenvalue weighted by atomic mass is 19.1. The minimum absolute atomic E-state index is 0.313. The molecule has 2 heterocycles. The number of carbonyl (C=O) groups excluding carboxylic acids is 1. The highest BCUT2D eigenvalue weighted by molar-refractivity contribution is 5.89. The summed E-state index contributed by atoms with van der Waals surface area (Å²) in [5, 5.41) is 13.9. The van der Waals surface area contributed by atoms with Crippen molar-refractivity contribution >= 4 is 11.7 Å². The number of hydrogen-bond acceptors (Lipinski definition) is 3. The number of amides is 2. The van der Waals surface area contributed by atoms with Crippen LogP contribution in [0.3, 0.4) is 0 Å². The Labute approximate surface area is 134 Å². The van der Waals surface area contributed by atoms with E-state index in [2.05, 4.69) is 25.4 Å². The number of hydrogen-bond donors (Lipinski definition) is 2. The number of carbonyl (C=O) groups is 1. The fraction of sp³-hybridized carbons (Fsp3) is 0.438. The zero-order chi connectivity index (χ0) is 16.1. The Morgan fingerprint density at radius 2 is 2.00 bits per heavy atom. The monoisotopic (exact) mass is 317 g/mol. The molecule has 0 saturated heterocycles. The van der Waals surface area contributed by atoms with Gasteiger partial charge in [-0.15, -0.1) is 10.2 Å². The van der Waals surface area contributed by atoms with Crippen LogP contribution in [0.5, 0.6) is 0 Å². The summed E-state index contributed by atoms with van der Waals surface area (Å²) in [6, 6.07) is 5.34. The van der Waals surface area contributed by atoms with Gasteiger partial charge in [0, 0.05) is 31.6 Å². The number of rotatable bonds is 4. The van der Waals surface area contributed by atoms with E-state index in [0.717, 1.165) is 37.5 Å². The number of anilines is 1. The minimum Gasteiger partial charge on any atom is -0.337 e. The second-order valence-corrected chi connectivity index (χ2v) is 5.63. The Bertz CT molecular complexity index is 668. The lowest BCUT2D eigenvalue weighted by molar-refractivity contribution is 0.252. The molecule has 7 heteroatoms. The average molecular weight is 317 g/mol. The first-order valence-corrected chi connectivity index (χ1v) is 7.94. The third kappa shape index (κ3) is 4.06. The molecule has 3 rings (SSSR count). The van der Waals surface area contributed by atoms with Crippen LogP contribution in [0.4, 0.5) is 14.9 Å². The lowest BCUT2D eigenvalue weighted by Gasteiger charge is -2.09. The molecule has 0 bridgehead atoms. The number of urea groups is 1. The highest BCUT2D eigenvalue weighted by Crippen LogP contribution is 2.14. The Balaban J connectivity index is 1.48. The smallest absolute Gasteiger partial charge is 0.319 e. The van der Waals surface area contributed by atoms with Crippen molar-refractivity contribution in [3.8, 4) is 0 Å². The molecule has 0 radical (unpaired) electrons. The molecule has 122 valence electrons. The van der Waals surface area contributed by atoms with E-state index in [9.17, 15) is 9.18 Å². The zero-order valence-corrected chi connectivity index (χ0v) is 12.9. The maximum absolute atomic E-state index is 12.8. The lowest BCUT2D eigenvalue weighted by atomic mass is 10.2. The Hall–Kier alpha value is -2.44. The summed E-state index contributed by atoms with van der Waals surface area (Å²) < 4.78 is 15.0. The van der Waals surface area contributed by atoms with Crippen molar-refractivity contribution in [1.82, 2.24) is 20.1 Å². The molecule has 1 aliphatic heterocycles. The summed E-state index contributed by atoms with van der Waals surface area (Å²) in [5.41, 5.74) is 0.556. The van der Waals surface area contributed by atoms with Crippen LogP contribution in [-0.2, 0) is 19.4 Å². The van der Waals surface area contributed by atoms with Crippen LogP contribution < -0.4 is 10.6 Å². The first-order valence-electron chi connectivity index (χ1n) is 7.94. The summed E-state index contributed by atoms with van der Waals surface area (Å²) in [5.74, 6) is 1.64. The molecular formula is C16H20FN5O. The van der Waals surface area contributed by atoms with Gasteiger partial charge in [-0.25, -0.2) is 9.18 Å². The van der Waals surface area contributed by atoms with E-state index in [4.69, 9.17) is 0 Å². The normalized spacial score (nSPS) is 14.0. The van der Waals surface area contributed by atoms with Crippen molar-refractivity contribution in [3.63, 3.8) is 0 Å². The molecule has 2 amide bonds. The van der Waals surface area contributed by atoms with Gasteiger partial charge in [-0.3, -0.25) is 0 Å². The Kier molecular flexibility index (Phi) is 4.85.